The lowest BCUT2D eigenvalue weighted by atomic mass is 10.1. The largest absolute Gasteiger partial charge is 0.355 e. The first-order chi connectivity index (χ1) is 17.2. The van der Waals surface area contributed by atoms with Crippen LogP contribution in [0.25, 0.3) is 0 Å². The van der Waals surface area contributed by atoms with Gasteiger partial charge in [0.1, 0.15) is 10.3 Å². The lowest BCUT2D eigenvalue weighted by Gasteiger charge is -2.28. The molecule has 11 heteroatoms. The van der Waals surface area contributed by atoms with Crippen molar-refractivity contribution in [2.75, 3.05) is 6.54 Å². The molecular weight excluding hydrogens is 586 g/mol. The number of hydrogen-bond donors (Lipinski definition) is 2. The number of halogens is 2. The van der Waals surface area contributed by atoms with Crippen LogP contribution in [-0.4, -0.2) is 37.1 Å². The second kappa shape index (κ2) is 11.9. The topological polar surface area (TPSA) is 95.6 Å². The number of amides is 2. The number of benzene rings is 2. The van der Waals surface area contributed by atoms with Gasteiger partial charge in [0.2, 0.25) is 5.91 Å². The van der Waals surface area contributed by atoms with E-state index in [9.17, 15) is 18.0 Å². The van der Waals surface area contributed by atoms with E-state index in [0.717, 1.165) is 34.2 Å². The van der Waals surface area contributed by atoms with Gasteiger partial charge in [-0.1, -0.05) is 39.7 Å². The van der Waals surface area contributed by atoms with Gasteiger partial charge in [0.05, 0.1) is 6.54 Å². The molecule has 36 heavy (non-hydrogen) atoms. The Morgan fingerprint density at radius 3 is 2.53 bits per heavy atom. The van der Waals surface area contributed by atoms with Gasteiger partial charge in [-0.3, -0.25) is 9.59 Å². The van der Waals surface area contributed by atoms with Crippen molar-refractivity contribution in [3.05, 3.63) is 86.2 Å². The van der Waals surface area contributed by atoms with E-state index in [0.29, 0.717) is 28.4 Å². The Bertz CT molecular complexity index is 1330. The standard InChI is InChI=1S/C25H25BrClN3O4S2/c26-19-8-4-17(5-9-19)16-30(22-3-1-2-14-28-25(22)32)36(33,34)23-13-12-21(35-23)15-29-24(31)18-6-10-20(27)11-7-18/h4-13,22H,1-3,14-16H2,(H,28,32)(H,29,31). The summed E-state index contributed by atoms with van der Waals surface area (Å²) in [4.78, 5) is 25.9. The highest BCUT2D eigenvalue weighted by Crippen LogP contribution is 2.30. The van der Waals surface area contributed by atoms with Crippen LogP contribution in [0.15, 0.2) is 69.3 Å². The van der Waals surface area contributed by atoms with Crippen LogP contribution in [0, 0.1) is 0 Å². The van der Waals surface area contributed by atoms with Crippen molar-refractivity contribution < 1.29 is 18.0 Å². The zero-order valence-corrected chi connectivity index (χ0v) is 23.2. The molecule has 0 saturated carbocycles. The number of thiophene rings is 1. The van der Waals surface area contributed by atoms with E-state index in [-0.39, 0.29) is 29.1 Å². The third-order valence-electron chi connectivity index (χ3n) is 5.84. The van der Waals surface area contributed by atoms with Crippen molar-refractivity contribution in [1.82, 2.24) is 14.9 Å². The van der Waals surface area contributed by atoms with Gasteiger partial charge in [0, 0.05) is 33.0 Å². The maximum atomic E-state index is 13.8. The van der Waals surface area contributed by atoms with Crippen molar-refractivity contribution in [3.63, 3.8) is 0 Å². The predicted molar refractivity (Wildman–Crippen MR) is 144 cm³/mol. The highest BCUT2D eigenvalue weighted by molar-refractivity contribution is 9.10. The molecule has 3 aromatic rings. The molecular formula is C25H25BrClN3O4S2. The van der Waals surface area contributed by atoms with E-state index in [1.165, 1.54) is 10.4 Å². The Morgan fingerprint density at radius 1 is 1.08 bits per heavy atom. The van der Waals surface area contributed by atoms with E-state index < -0.39 is 16.1 Å². The lowest BCUT2D eigenvalue weighted by Crippen LogP contribution is -2.48. The van der Waals surface area contributed by atoms with Gasteiger partial charge in [-0.15, -0.1) is 11.3 Å². The molecule has 0 aliphatic carbocycles. The van der Waals surface area contributed by atoms with E-state index in [2.05, 4.69) is 26.6 Å². The zero-order valence-electron chi connectivity index (χ0n) is 19.2. The Hall–Kier alpha value is -2.24. The van der Waals surface area contributed by atoms with E-state index in [4.69, 9.17) is 11.6 Å². The van der Waals surface area contributed by atoms with Crippen LogP contribution in [0.2, 0.25) is 5.02 Å². The van der Waals surface area contributed by atoms with Crippen LogP contribution >= 0.6 is 38.9 Å². The van der Waals surface area contributed by atoms with Crippen LogP contribution in [0.3, 0.4) is 0 Å². The Balaban J connectivity index is 1.55. The van der Waals surface area contributed by atoms with Crippen LogP contribution < -0.4 is 10.6 Å². The molecule has 1 atom stereocenters. The third-order valence-corrected chi connectivity index (χ3v) is 10.0. The lowest BCUT2D eigenvalue weighted by molar-refractivity contribution is -0.124. The predicted octanol–water partition coefficient (Wildman–Crippen LogP) is 4.95. The monoisotopic (exact) mass is 609 g/mol. The van der Waals surface area contributed by atoms with Crippen molar-refractivity contribution in [2.24, 2.45) is 0 Å². The summed E-state index contributed by atoms with van der Waals surface area (Å²) in [5.74, 6) is -0.559. The zero-order chi connectivity index (χ0) is 25.7. The highest BCUT2D eigenvalue weighted by Gasteiger charge is 2.37. The van der Waals surface area contributed by atoms with Crippen molar-refractivity contribution in [3.8, 4) is 0 Å². The molecule has 0 radical (unpaired) electrons. The summed E-state index contributed by atoms with van der Waals surface area (Å²) >= 11 is 10.4. The molecule has 2 amide bonds. The molecule has 0 bridgehead atoms. The fourth-order valence-electron chi connectivity index (χ4n) is 3.91. The summed E-state index contributed by atoms with van der Waals surface area (Å²) < 4.78 is 29.9. The van der Waals surface area contributed by atoms with E-state index >= 15 is 0 Å². The first-order valence-electron chi connectivity index (χ1n) is 11.4. The number of nitrogens with one attached hydrogen (secondary N) is 2. The Kier molecular flexibility index (Phi) is 8.84. The second-order valence-corrected chi connectivity index (χ2v) is 13.0. The molecule has 1 saturated heterocycles. The van der Waals surface area contributed by atoms with Crippen LogP contribution in [0.4, 0.5) is 0 Å². The van der Waals surface area contributed by atoms with Gasteiger partial charge in [0.15, 0.2) is 0 Å². The van der Waals surface area contributed by atoms with Crippen molar-refractivity contribution in [1.29, 1.82) is 0 Å². The minimum atomic E-state index is -3.98. The van der Waals surface area contributed by atoms with Gasteiger partial charge in [-0.05, 0) is 73.4 Å². The highest BCUT2D eigenvalue weighted by atomic mass is 79.9. The van der Waals surface area contributed by atoms with Gasteiger partial charge in [0.25, 0.3) is 15.9 Å². The number of hydrogen-bond acceptors (Lipinski definition) is 5. The summed E-state index contributed by atoms with van der Waals surface area (Å²) in [5.41, 5.74) is 1.25. The van der Waals surface area contributed by atoms with E-state index in [1.807, 2.05) is 24.3 Å². The fourth-order valence-corrected chi connectivity index (χ4v) is 7.33. The average Bonchev–Trinajstić information content (AvgIpc) is 3.25. The maximum Gasteiger partial charge on any atom is 0.253 e. The fraction of sp³-hybridized carbons (Fsp3) is 0.280. The molecule has 7 nitrogen and oxygen atoms in total. The summed E-state index contributed by atoms with van der Waals surface area (Å²) in [6.45, 7) is 0.796. The smallest absolute Gasteiger partial charge is 0.253 e. The molecule has 1 unspecified atom stereocenters. The Morgan fingerprint density at radius 2 is 1.81 bits per heavy atom. The number of carbonyl (C=O) groups is 2. The molecule has 1 fully saturated rings. The molecule has 1 aliphatic rings. The summed E-state index contributed by atoms with van der Waals surface area (Å²) in [5, 5.41) is 6.19. The average molecular weight is 611 g/mol. The third kappa shape index (κ3) is 6.54. The summed E-state index contributed by atoms with van der Waals surface area (Å²) in [6.07, 6.45) is 2.02. The normalized spacial score (nSPS) is 16.4. The van der Waals surface area contributed by atoms with Gasteiger partial charge >= 0.3 is 0 Å². The second-order valence-electron chi connectivity index (χ2n) is 8.39. The SMILES string of the molecule is O=C(NCc1ccc(S(=O)(=O)N(Cc2ccc(Br)cc2)C2CCCCNC2=O)s1)c1ccc(Cl)cc1. The number of sulfonamides is 1. The number of carbonyl (C=O) groups excluding carboxylic acids is 2. The van der Waals surface area contributed by atoms with Gasteiger partial charge < -0.3 is 10.6 Å². The summed E-state index contributed by atoms with van der Waals surface area (Å²) in [6, 6.07) is 16.3. The summed E-state index contributed by atoms with van der Waals surface area (Å²) in [7, 11) is -3.98. The molecule has 1 aromatic heterocycles. The molecule has 190 valence electrons. The number of nitrogens with zero attached hydrogens (tertiary/aromatic N) is 1. The minimum Gasteiger partial charge on any atom is -0.355 e. The molecule has 0 spiro atoms. The molecule has 4 rings (SSSR count). The Labute approximate surface area is 228 Å². The minimum absolute atomic E-state index is 0.0776. The van der Waals surface area contributed by atoms with Crippen molar-refractivity contribution >= 4 is 60.7 Å². The van der Waals surface area contributed by atoms with Crippen LogP contribution in [0.1, 0.15) is 40.1 Å². The van der Waals surface area contributed by atoms with Crippen molar-refractivity contribution in [2.45, 2.75) is 42.6 Å². The van der Waals surface area contributed by atoms with Gasteiger partial charge in [-0.25, -0.2) is 8.42 Å². The quantitative estimate of drug-likeness (QED) is 0.377. The van der Waals surface area contributed by atoms with E-state index in [1.54, 1.807) is 30.3 Å². The maximum absolute atomic E-state index is 13.8. The molecule has 2 heterocycles. The molecule has 1 aliphatic heterocycles. The molecule has 2 aromatic carbocycles. The first kappa shape index (κ1) is 26.8. The molecule has 2 N–H and O–H groups in total. The first-order valence-corrected chi connectivity index (χ1v) is 14.8. The number of rotatable bonds is 8. The van der Waals surface area contributed by atoms with Crippen LogP contribution in [0.5, 0.6) is 0 Å². The van der Waals surface area contributed by atoms with Crippen LogP contribution in [-0.2, 0) is 27.9 Å². The van der Waals surface area contributed by atoms with Gasteiger partial charge in [-0.2, -0.15) is 4.31 Å².